The van der Waals surface area contributed by atoms with E-state index in [1.807, 2.05) is 31.2 Å². The molecule has 0 saturated heterocycles. The van der Waals surface area contributed by atoms with Gasteiger partial charge in [-0.2, -0.15) is 0 Å². The number of carboxylic acid groups (broad SMARTS) is 1. The van der Waals surface area contributed by atoms with Gasteiger partial charge in [-0.25, -0.2) is 9.78 Å². The van der Waals surface area contributed by atoms with E-state index >= 15 is 0 Å². The van der Waals surface area contributed by atoms with Gasteiger partial charge in [0, 0.05) is 10.4 Å². The second-order valence-corrected chi connectivity index (χ2v) is 7.43. The first-order valence-electron chi connectivity index (χ1n) is 8.21. The number of halogens is 1. The summed E-state index contributed by atoms with van der Waals surface area (Å²) in [5, 5.41) is 14.3. The van der Waals surface area contributed by atoms with Crippen LogP contribution in [0, 0.1) is 6.92 Å². The third-order valence-corrected chi connectivity index (χ3v) is 5.37. The van der Waals surface area contributed by atoms with Crippen molar-refractivity contribution in [2.24, 2.45) is 0 Å². The lowest BCUT2D eigenvalue weighted by molar-refractivity contribution is 0.0699. The van der Waals surface area contributed by atoms with Gasteiger partial charge in [0.15, 0.2) is 5.58 Å². The fraction of sp³-hybridized carbons (Fsp3) is 0.0500. The number of amides is 1. The zero-order valence-electron chi connectivity index (χ0n) is 14.5. The van der Waals surface area contributed by atoms with Crippen LogP contribution in [0.4, 0.5) is 5.69 Å². The van der Waals surface area contributed by atoms with Crippen LogP contribution in [0.15, 0.2) is 52.3 Å². The van der Waals surface area contributed by atoms with Gasteiger partial charge in [0.2, 0.25) is 0 Å². The van der Waals surface area contributed by atoms with Gasteiger partial charge >= 0.3 is 11.9 Å². The summed E-state index contributed by atoms with van der Waals surface area (Å²) in [5.41, 5.74) is 2.92. The zero-order valence-corrected chi connectivity index (χ0v) is 16.1. The molecule has 0 spiro atoms. The van der Waals surface area contributed by atoms with Gasteiger partial charge in [0.05, 0.1) is 10.6 Å². The third kappa shape index (κ3) is 3.37. The van der Waals surface area contributed by atoms with E-state index in [1.54, 1.807) is 23.6 Å². The Balaban J connectivity index is 1.67. The van der Waals surface area contributed by atoms with E-state index in [0.717, 1.165) is 11.1 Å². The summed E-state index contributed by atoms with van der Waals surface area (Å²) >= 11 is 7.16. The monoisotopic (exact) mass is 412 g/mol. The molecule has 0 aliphatic rings. The van der Waals surface area contributed by atoms with Crippen LogP contribution in [-0.2, 0) is 0 Å². The van der Waals surface area contributed by atoms with E-state index in [-0.39, 0.29) is 17.1 Å². The van der Waals surface area contributed by atoms with Gasteiger partial charge in [0.1, 0.15) is 11.1 Å². The van der Waals surface area contributed by atoms with Crippen LogP contribution in [0.25, 0.3) is 21.5 Å². The Bertz CT molecular complexity index is 1210. The second-order valence-electron chi connectivity index (χ2n) is 6.11. The maximum Gasteiger partial charge on any atom is 0.339 e. The van der Waals surface area contributed by atoms with Gasteiger partial charge in [0.25, 0.3) is 5.89 Å². The molecular weight excluding hydrogens is 400 g/mol. The van der Waals surface area contributed by atoms with E-state index in [0.29, 0.717) is 21.0 Å². The molecular formula is C20H13ClN2O4S. The first-order valence-corrected chi connectivity index (χ1v) is 9.47. The molecule has 4 rings (SSSR count). The topological polar surface area (TPSA) is 92.4 Å². The summed E-state index contributed by atoms with van der Waals surface area (Å²) < 4.78 is 5.44. The van der Waals surface area contributed by atoms with E-state index in [4.69, 9.17) is 16.0 Å². The third-order valence-electron chi connectivity index (χ3n) is 4.11. The van der Waals surface area contributed by atoms with Crippen LogP contribution in [0.2, 0.25) is 5.02 Å². The predicted molar refractivity (Wildman–Crippen MR) is 108 cm³/mol. The molecule has 0 radical (unpaired) electrons. The molecule has 4 aromatic rings. The molecule has 2 aromatic carbocycles. The minimum atomic E-state index is -1.13. The summed E-state index contributed by atoms with van der Waals surface area (Å²) in [5.74, 6) is -1.93. The maximum absolute atomic E-state index is 12.5. The van der Waals surface area contributed by atoms with Crippen molar-refractivity contribution < 1.29 is 19.1 Å². The lowest BCUT2D eigenvalue weighted by Crippen LogP contribution is -2.14. The van der Waals surface area contributed by atoms with Crippen LogP contribution in [0.1, 0.15) is 26.6 Å². The maximum atomic E-state index is 12.5. The van der Waals surface area contributed by atoms with E-state index in [2.05, 4.69) is 10.3 Å². The average Bonchev–Trinajstić information content (AvgIpc) is 3.26. The van der Waals surface area contributed by atoms with E-state index in [9.17, 15) is 14.7 Å². The molecule has 2 heterocycles. The van der Waals surface area contributed by atoms with Crippen molar-refractivity contribution in [3.05, 3.63) is 69.9 Å². The molecule has 0 atom stereocenters. The number of carboxylic acids is 1. The van der Waals surface area contributed by atoms with Gasteiger partial charge in [-0.3, -0.25) is 4.79 Å². The quantitative estimate of drug-likeness (QED) is 0.463. The number of benzene rings is 2. The Morgan fingerprint density at radius 2 is 1.93 bits per heavy atom. The number of aromatic nitrogens is 1. The fourth-order valence-electron chi connectivity index (χ4n) is 2.75. The second kappa shape index (κ2) is 7.10. The van der Waals surface area contributed by atoms with Crippen LogP contribution in [0.3, 0.4) is 0 Å². The van der Waals surface area contributed by atoms with Crippen LogP contribution >= 0.6 is 22.9 Å². The van der Waals surface area contributed by atoms with Crippen molar-refractivity contribution in [3.8, 4) is 10.4 Å². The SMILES string of the molecule is Cc1ccc(-c2scc(NC(=O)c3nc4cc(Cl)ccc4o3)c2C(=O)O)cc1. The molecule has 0 unspecified atom stereocenters. The molecule has 2 aromatic heterocycles. The minimum absolute atomic E-state index is 0.0290. The highest BCUT2D eigenvalue weighted by molar-refractivity contribution is 7.14. The number of nitrogens with zero attached hydrogens (tertiary/aromatic N) is 1. The van der Waals surface area contributed by atoms with Gasteiger partial charge < -0.3 is 14.8 Å². The van der Waals surface area contributed by atoms with Crippen molar-refractivity contribution in [2.45, 2.75) is 6.92 Å². The number of oxazole rings is 1. The largest absolute Gasteiger partial charge is 0.478 e. The van der Waals surface area contributed by atoms with Crippen molar-refractivity contribution in [3.63, 3.8) is 0 Å². The molecule has 8 heteroatoms. The molecule has 2 N–H and O–H groups in total. The van der Waals surface area contributed by atoms with Crippen molar-refractivity contribution in [1.82, 2.24) is 4.98 Å². The molecule has 6 nitrogen and oxygen atoms in total. The smallest absolute Gasteiger partial charge is 0.339 e. The Kier molecular flexibility index (Phi) is 4.62. The van der Waals surface area contributed by atoms with Gasteiger partial charge in [-0.1, -0.05) is 41.4 Å². The minimum Gasteiger partial charge on any atom is -0.478 e. The lowest BCUT2D eigenvalue weighted by atomic mass is 10.1. The van der Waals surface area contributed by atoms with Gasteiger partial charge in [-0.15, -0.1) is 11.3 Å². The van der Waals surface area contributed by atoms with E-state index < -0.39 is 11.9 Å². The summed E-state index contributed by atoms with van der Waals surface area (Å²) in [6, 6.07) is 12.3. The molecule has 0 saturated carbocycles. The average molecular weight is 413 g/mol. The molecule has 28 heavy (non-hydrogen) atoms. The number of carbonyl (C=O) groups excluding carboxylic acids is 1. The van der Waals surface area contributed by atoms with E-state index in [1.165, 1.54) is 11.3 Å². The highest BCUT2D eigenvalue weighted by Gasteiger charge is 2.23. The fourth-order valence-corrected chi connectivity index (χ4v) is 3.92. The van der Waals surface area contributed by atoms with Crippen LogP contribution in [-0.4, -0.2) is 22.0 Å². The summed E-state index contributed by atoms with van der Waals surface area (Å²) in [4.78, 5) is 29.1. The van der Waals surface area contributed by atoms with Crippen LogP contribution in [0.5, 0.6) is 0 Å². The number of aryl methyl sites for hydroxylation is 1. The molecule has 0 bridgehead atoms. The molecule has 140 valence electrons. The highest BCUT2D eigenvalue weighted by atomic mass is 35.5. The number of hydrogen-bond donors (Lipinski definition) is 2. The molecule has 1 amide bonds. The summed E-state index contributed by atoms with van der Waals surface area (Å²) in [6.45, 7) is 1.95. The first-order chi connectivity index (χ1) is 13.4. The van der Waals surface area contributed by atoms with Crippen LogP contribution < -0.4 is 5.32 Å². The zero-order chi connectivity index (χ0) is 19.8. The number of hydrogen-bond acceptors (Lipinski definition) is 5. The Labute approximate surface area is 168 Å². The van der Waals surface area contributed by atoms with Crippen molar-refractivity contribution in [2.75, 3.05) is 5.32 Å². The molecule has 0 aliphatic carbocycles. The number of fused-ring (bicyclic) bond motifs is 1. The van der Waals surface area contributed by atoms with Gasteiger partial charge in [-0.05, 0) is 30.7 Å². The standard InChI is InChI=1S/C20H13ClN2O4S/c1-10-2-4-11(5-3-10)17-16(20(25)26)14(9-28-17)22-18(24)19-23-13-8-12(21)6-7-15(13)27-19/h2-9H,1H3,(H,22,24)(H,25,26). The number of rotatable bonds is 4. The Hall–Kier alpha value is -3.16. The molecule has 0 aliphatic heterocycles. The van der Waals surface area contributed by atoms with Crippen molar-refractivity contribution in [1.29, 1.82) is 0 Å². The number of thiophene rings is 1. The lowest BCUT2D eigenvalue weighted by Gasteiger charge is -2.05. The number of aromatic carboxylic acids is 1. The summed E-state index contributed by atoms with van der Waals surface area (Å²) in [7, 11) is 0. The Morgan fingerprint density at radius 1 is 1.18 bits per heavy atom. The first kappa shape index (κ1) is 18.2. The molecule has 0 fully saturated rings. The predicted octanol–water partition coefficient (Wildman–Crippen LogP) is 5.47. The number of anilines is 1. The normalized spacial score (nSPS) is 10.9. The number of nitrogens with one attached hydrogen (secondary N) is 1. The summed E-state index contributed by atoms with van der Waals surface area (Å²) in [6.07, 6.45) is 0. The Morgan fingerprint density at radius 3 is 2.64 bits per heavy atom. The number of carbonyl (C=O) groups is 2. The van der Waals surface area contributed by atoms with Crippen molar-refractivity contribution >= 4 is 51.6 Å². The highest BCUT2D eigenvalue weighted by Crippen LogP contribution is 2.36.